The number of nitro groups is 1. The summed E-state index contributed by atoms with van der Waals surface area (Å²) in [7, 11) is 0. The lowest BCUT2D eigenvalue weighted by Crippen LogP contribution is -2.16. The second-order valence-electron chi connectivity index (χ2n) is 4.46. The first-order chi connectivity index (χ1) is 10.2. The highest BCUT2D eigenvalue weighted by Gasteiger charge is 2.30. The molecule has 2 aromatic carbocycles. The smallest absolute Gasteiger partial charge is 0.406 e. The minimum absolute atomic E-state index is 0.000486. The molecular weight excluding hydrogens is 301 g/mol. The van der Waals surface area contributed by atoms with E-state index in [4.69, 9.17) is 0 Å². The van der Waals surface area contributed by atoms with E-state index in [1.165, 1.54) is 36.4 Å². The van der Waals surface area contributed by atoms with E-state index in [1.54, 1.807) is 13.0 Å². The number of rotatable bonds is 4. The lowest BCUT2D eigenvalue weighted by Gasteiger charge is -2.11. The largest absolute Gasteiger partial charge is 0.573 e. The number of benzene rings is 2. The predicted octanol–water partition coefficient (Wildman–Crippen LogP) is 4.55. The third-order valence-corrected chi connectivity index (χ3v) is 2.77. The van der Waals surface area contributed by atoms with Crippen LogP contribution in [-0.4, -0.2) is 11.3 Å². The summed E-state index contributed by atoms with van der Waals surface area (Å²) in [6, 6.07) is 9.64. The molecule has 0 radical (unpaired) electrons. The van der Waals surface area contributed by atoms with Crippen molar-refractivity contribution in [1.29, 1.82) is 0 Å². The molecule has 22 heavy (non-hydrogen) atoms. The Labute approximate surface area is 123 Å². The summed E-state index contributed by atoms with van der Waals surface area (Å²) in [5, 5.41) is 13.7. The molecule has 0 atom stereocenters. The molecule has 0 aromatic heterocycles. The van der Waals surface area contributed by atoms with Crippen molar-refractivity contribution in [3.05, 3.63) is 58.1 Å². The molecule has 0 heterocycles. The fraction of sp³-hybridized carbons (Fsp3) is 0.143. The van der Waals surface area contributed by atoms with Gasteiger partial charge in [0.25, 0.3) is 5.69 Å². The number of hydrogen-bond acceptors (Lipinski definition) is 4. The molecule has 0 aliphatic rings. The van der Waals surface area contributed by atoms with Gasteiger partial charge in [-0.3, -0.25) is 10.1 Å². The first kappa shape index (κ1) is 15.6. The zero-order valence-corrected chi connectivity index (χ0v) is 11.3. The maximum absolute atomic E-state index is 12.0. The zero-order chi connectivity index (χ0) is 16.3. The van der Waals surface area contributed by atoms with Crippen LogP contribution in [0.15, 0.2) is 42.5 Å². The highest BCUT2D eigenvalue weighted by molar-refractivity contribution is 5.63. The van der Waals surface area contributed by atoms with Gasteiger partial charge in [-0.15, -0.1) is 13.2 Å². The van der Waals surface area contributed by atoms with Crippen LogP contribution in [0.5, 0.6) is 5.75 Å². The molecule has 0 saturated heterocycles. The van der Waals surface area contributed by atoms with E-state index < -0.39 is 11.3 Å². The number of nitrogens with one attached hydrogen (secondary N) is 1. The van der Waals surface area contributed by atoms with Gasteiger partial charge in [0.05, 0.1) is 4.92 Å². The van der Waals surface area contributed by atoms with Gasteiger partial charge in [0, 0.05) is 23.0 Å². The lowest BCUT2D eigenvalue weighted by atomic mass is 10.1. The van der Waals surface area contributed by atoms with E-state index in [2.05, 4.69) is 10.1 Å². The standard InChI is InChI=1S/C14H11F3N2O3/c1-9-8-11(4-7-13(9)19(20)21)18-10-2-5-12(6-3-10)22-14(15,16)17/h2-8,18H,1H3. The van der Waals surface area contributed by atoms with Crippen molar-refractivity contribution in [2.75, 3.05) is 5.32 Å². The van der Waals surface area contributed by atoms with Crippen LogP contribution in [0, 0.1) is 17.0 Å². The molecule has 0 fully saturated rings. The average molecular weight is 312 g/mol. The van der Waals surface area contributed by atoms with Crippen LogP contribution in [0.2, 0.25) is 0 Å². The molecule has 0 aliphatic carbocycles. The Kier molecular flexibility index (Phi) is 4.20. The van der Waals surface area contributed by atoms with E-state index in [1.807, 2.05) is 0 Å². The second kappa shape index (κ2) is 5.92. The number of aryl methyl sites for hydroxylation is 1. The number of nitro benzene ring substituents is 1. The molecule has 116 valence electrons. The van der Waals surface area contributed by atoms with Crippen molar-refractivity contribution >= 4 is 17.1 Å². The number of alkyl halides is 3. The van der Waals surface area contributed by atoms with Crippen molar-refractivity contribution in [3.8, 4) is 5.75 Å². The third-order valence-electron chi connectivity index (χ3n) is 2.77. The Hall–Kier alpha value is -2.77. The monoisotopic (exact) mass is 312 g/mol. The molecule has 0 amide bonds. The summed E-state index contributed by atoms with van der Waals surface area (Å²) in [6.45, 7) is 1.60. The van der Waals surface area contributed by atoms with Crippen LogP contribution in [0.1, 0.15) is 5.56 Å². The summed E-state index contributed by atoms with van der Waals surface area (Å²) in [5.74, 6) is -0.321. The van der Waals surface area contributed by atoms with E-state index in [9.17, 15) is 23.3 Å². The molecule has 1 N–H and O–H groups in total. The van der Waals surface area contributed by atoms with E-state index in [-0.39, 0.29) is 11.4 Å². The quantitative estimate of drug-likeness (QED) is 0.664. The summed E-state index contributed by atoms with van der Waals surface area (Å²) in [6.07, 6.45) is -4.73. The Bertz CT molecular complexity index is 685. The fourth-order valence-electron chi connectivity index (χ4n) is 1.84. The Morgan fingerprint density at radius 2 is 1.68 bits per heavy atom. The van der Waals surface area contributed by atoms with Crippen LogP contribution in [-0.2, 0) is 0 Å². The maximum atomic E-state index is 12.0. The van der Waals surface area contributed by atoms with Gasteiger partial charge in [0.2, 0.25) is 0 Å². The summed E-state index contributed by atoms with van der Waals surface area (Å²) in [4.78, 5) is 10.2. The normalized spacial score (nSPS) is 11.1. The molecule has 5 nitrogen and oxygen atoms in total. The molecule has 0 unspecified atom stereocenters. The number of halogens is 3. The van der Waals surface area contributed by atoms with Gasteiger partial charge in [0.15, 0.2) is 0 Å². The van der Waals surface area contributed by atoms with E-state index >= 15 is 0 Å². The SMILES string of the molecule is Cc1cc(Nc2ccc(OC(F)(F)F)cc2)ccc1[N+](=O)[O-]. The highest BCUT2D eigenvalue weighted by atomic mass is 19.4. The molecule has 2 aromatic rings. The predicted molar refractivity (Wildman–Crippen MR) is 74.2 cm³/mol. The number of ether oxygens (including phenoxy) is 1. The van der Waals surface area contributed by atoms with Gasteiger partial charge in [-0.05, 0) is 43.3 Å². The molecule has 0 spiro atoms. The Morgan fingerprint density at radius 1 is 1.09 bits per heavy atom. The van der Waals surface area contributed by atoms with Crippen molar-refractivity contribution in [3.63, 3.8) is 0 Å². The molecule has 0 aliphatic heterocycles. The summed E-state index contributed by atoms with van der Waals surface area (Å²) < 4.78 is 39.9. The third kappa shape index (κ3) is 4.11. The van der Waals surface area contributed by atoms with Crippen molar-refractivity contribution < 1.29 is 22.8 Å². The molecule has 2 rings (SSSR count). The van der Waals surface area contributed by atoms with Crippen LogP contribution in [0.3, 0.4) is 0 Å². The molecular formula is C14H11F3N2O3. The van der Waals surface area contributed by atoms with Gasteiger partial charge < -0.3 is 10.1 Å². The van der Waals surface area contributed by atoms with E-state index in [0.717, 1.165) is 0 Å². The van der Waals surface area contributed by atoms with E-state index in [0.29, 0.717) is 16.9 Å². The van der Waals surface area contributed by atoms with Crippen LogP contribution >= 0.6 is 0 Å². The van der Waals surface area contributed by atoms with Crippen LogP contribution < -0.4 is 10.1 Å². The molecule has 0 bridgehead atoms. The van der Waals surface area contributed by atoms with Crippen LogP contribution in [0.4, 0.5) is 30.2 Å². The molecule has 8 heteroatoms. The van der Waals surface area contributed by atoms with Gasteiger partial charge >= 0.3 is 6.36 Å². The fourth-order valence-corrected chi connectivity index (χ4v) is 1.84. The van der Waals surface area contributed by atoms with Gasteiger partial charge in [-0.1, -0.05) is 0 Å². The summed E-state index contributed by atoms with van der Waals surface area (Å²) >= 11 is 0. The second-order valence-corrected chi connectivity index (χ2v) is 4.46. The summed E-state index contributed by atoms with van der Waals surface area (Å²) in [5.41, 5.74) is 1.60. The average Bonchev–Trinajstić information content (AvgIpc) is 2.39. The van der Waals surface area contributed by atoms with Crippen molar-refractivity contribution in [1.82, 2.24) is 0 Å². The van der Waals surface area contributed by atoms with Crippen LogP contribution in [0.25, 0.3) is 0 Å². The van der Waals surface area contributed by atoms with Crippen molar-refractivity contribution in [2.45, 2.75) is 13.3 Å². The highest BCUT2D eigenvalue weighted by Crippen LogP contribution is 2.27. The van der Waals surface area contributed by atoms with Gasteiger partial charge in [-0.25, -0.2) is 0 Å². The number of nitrogens with zero attached hydrogens (tertiary/aromatic N) is 1. The lowest BCUT2D eigenvalue weighted by molar-refractivity contribution is -0.385. The minimum atomic E-state index is -4.73. The number of hydrogen-bond donors (Lipinski definition) is 1. The minimum Gasteiger partial charge on any atom is -0.406 e. The number of anilines is 2. The maximum Gasteiger partial charge on any atom is 0.573 e. The van der Waals surface area contributed by atoms with Crippen molar-refractivity contribution in [2.24, 2.45) is 0 Å². The Balaban J connectivity index is 2.11. The van der Waals surface area contributed by atoms with Gasteiger partial charge in [-0.2, -0.15) is 0 Å². The zero-order valence-electron chi connectivity index (χ0n) is 11.3. The Morgan fingerprint density at radius 3 is 2.18 bits per heavy atom. The van der Waals surface area contributed by atoms with Gasteiger partial charge in [0.1, 0.15) is 5.75 Å². The molecule has 0 saturated carbocycles. The first-order valence-electron chi connectivity index (χ1n) is 6.12. The topological polar surface area (TPSA) is 64.4 Å². The first-order valence-corrected chi connectivity index (χ1v) is 6.12.